The zero-order valence-corrected chi connectivity index (χ0v) is 18.1. The molecule has 4 aromatic carbocycles. The number of para-hydroxylation sites is 1. The van der Waals surface area contributed by atoms with Gasteiger partial charge in [-0.3, -0.25) is 9.56 Å². The van der Waals surface area contributed by atoms with Crippen molar-refractivity contribution in [3.05, 3.63) is 132 Å². The molecule has 0 saturated heterocycles. The van der Waals surface area contributed by atoms with E-state index in [0.29, 0.717) is 0 Å². The van der Waals surface area contributed by atoms with Crippen molar-refractivity contribution in [1.29, 1.82) is 0 Å². The molecule has 1 aliphatic rings. The maximum atomic E-state index is 4.74. The first-order chi connectivity index (χ1) is 15.8. The van der Waals surface area contributed by atoms with E-state index in [2.05, 4.69) is 114 Å². The fourth-order valence-corrected chi connectivity index (χ4v) is 5.62. The summed E-state index contributed by atoms with van der Waals surface area (Å²) in [5.74, 6) is 0. The Hall–Kier alpha value is -3.91. The number of rotatable bonds is 2. The van der Waals surface area contributed by atoms with E-state index < -0.39 is 0 Å². The molecule has 0 unspecified atom stereocenters. The molecule has 0 amide bonds. The van der Waals surface area contributed by atoms with Crippen LogP contribution in [0.3, 0.4) is 0 Å². The lowest BCUT2D eigenvalue weighted by Crippen LogP contribution is -2.37. The van der Waals surface area contributed by atoms with Crippen LogP contribution in [-0.4, -0.2) is 11.6 Å². The maximum Gasteiger partial charge on any atom is 0.140 e. The Balaban J connectivity index is 1.88. The van der Waals surface area contributed by atoms with Crippen LogP contribution in [-0.2, 0) is 5.41 Å². The molecule has 1 aliphatic heterocycles. The second kappa shape index (κ2) is 7.06. The van der Waals surface area contributed by atoms with Crippen molar-refractivity contribution in [2.45, 2.75) is 11.8 Å². The number of benzene rings is 4. The molecular weight excluding hydrogens is 388 g/mol. The average Bonchev–Trinajstić information content (AvgIpc) is 2.87. The minimum atomic E-state index is -0.313. The summed E-state index contributed by atoms with van der Waals surface area (Å²) in [7, 11) is 1.88. The van der Waals surface area contributed by atoms with Gasteiger partial charge in [-0.05, 0) is 22.1 Å². The summed E-state index contributed by atoms with van der Waals surface area (Å²) in [5, 5.41) is 3.63. The first kappa shape index (κ1) is 18.8. The van der Waals surface area contributed by atoms with E-state index in [1.165, 1.54) is 33.0 Å². The smallest absolute Gasteiger partial charge is 0.140 e. The lowest BCUT2D eigenvalue weighted by atomic mass is 9.64. The Labute approximate surface area is 187 Å². The molecule has 0 atom stereocenters. The number of hydrogen-bond acceptors (Lipinski definition) is 1. The molecular formula is C30H24N2. The van der Waals surface area contributed by atoms with Gasteiger partial charge < -0.3 is 0 Å². The minimum absolute atomic E-state index is 0.313. The molecule has 32 heavy (non-hydrogen) atoms. The molecule has 0 radical (unpaired) electrons. The summed E-state index contributed by atoms with van der Waals surface area (Å²) >= 11 is 0. The van der Waals surface area contributed by atoms with Crippen LogP contribution in [0.4, 0.5) is 0 Å². The maximum absolute atomic E-state index is 4.74. The van der Waals surface area contributed by atoms with Gasteiger partial charge in [0.05, 0.1) is 10.9 Å². The summed E-state index contributed by atoms with van der Waals surface area (Å²) in [6, 6.07) is 37.0. The van der Waals surface area contributed by atoms with Crippen molar-refractivity contribution in [1.82, 2.24) is 4.57 Å². The van der Waals surface area contributed by atoms with Gasteiger partial charge in [0.25, 0.3) is 0 Å². The van der Waals surface area contributed by atoms with E-state index in [9.17, 15) is 0 Å². The number of hydrogen-bond donors (Lipinski definition) is 0. The van der Waals surface area contributed by atoms with E-state index in [1.54, 1.807) is 0 Å². The molecule has 2 heterocycles. The molecule has 0 bridgehead atoms. The van der Waals surface area contributed by atoms with E-state index in [1.807, 2.05) is 7.05 Å². The molecule has 2 heteroatoms. The lowest BCUT2D eigenvalue weighted by Gasteiger charge is -2.42. The molecule has 2 nitrogen and oxygen atoms in total. The summed E-state index contributed by atoms with van der Waals surface area (Å²) in [6.07, 6.45) is 0.790. The van der Waals surface area contributed by atoms with Crippen molar-refractivity contribution < 1.29 is 0 Å². The lowest BCUT2D eigenvalue weighted by molar-refractivity contribution is 0.608. The zero-order valence-electron chi connectivity index (χ0n) is 18.1. The van der Waals surface area contributed by atoms with Crippen molar-refractivity contribution in [3.8, 4) is 0 Å². The predicted octanol–water partition coefficient (Wildman–Crippen LogP) is 6.53. The fourth-order valence-electron chi connectivity index (χ4n) is 5.62. The van der Waals surface area contributed by atoms with Crippen LogP contribution in [0.2, 0.25) is 0 Å². The highest BCUT2D eigenvalue weighted by Crippen LogP contribution is 2.50. The largest absolute Gasteiger partial charge is 0.298 e. The Morgan fingerprint density at radius 1 is 0.688 bits per heavy atom. The van der Waals surface area contributed by atoms with Gasteiger partial charge in [-0.2, -0.15) is 0 Å². The average molecular weight is 413 g/mol. The Bertz CT molecular complexity index is 1520. The molecule has 5 aromatic rings. The van der Waals surface area contributed by atoms with Gasteiger partial charge in [0.15, 0.2) is 0 Å². The predicted molar refractivity (Wildman–Crippen MR) is 134 cm³/mol. The Morgan fingerprint density at radius 2 is 1.25 bits per heavy atom. The highest BCUT2D eigenvalue weighted by molar-refractivity contribution is 6.08. The van der Waals surface area contributed by atoms with E-state index in [0.717, 1.165) is 23.0 Å². The van der Waals surface area contributed by atoms with Crippen molar-refractivity contribution in [2.24, 2.45) is 4.99 Å². The van der Waals surface area contributed by atoms with E-state index in [-0.39, 0.29) is 5.41 Å². The number of pyridine rings is 1. The minimum Gasteiger partial charge on any atom is -0.298 e. The number of aromatic nitrogens is 1. The third-order valence-electron chi connectivity index (χ3n) is 6.92. The first-order valence-corrected chi connectivity index (χ1v) is 11.0. The summed E-state index contributed by atoms with van der Waals surface area (Å²) in [6.45, 7) is 4.60. The van der Waals surface area contributed by atoms with Crippen LogP contribution >= 0.6 is 0 Å². The van der Waals surface area contributed by atoms with E-state index >= 15 is 0 Å². The van der Waals surface area contributed by atoms with Crippen molar-refractivity contribution >= 4 is 27.4 Å². The molecule has 0 aliphatic carbocycles. The van der Waals surface area contributed by atoms with Crippen LogP contribution in [0.15, 0.2) is 115 Å². The van der Waals surface area contributed by atoms with Crippen LogP contribution in [0, 0.1) is 0 Å². The highest BCUT2D eigenvalue weighted by Gasteiger charge is 2.42. The van der Waals surface area contributed by atoms with Gasteiger partial charge in [0, 0.05) is 29.9 Å². The first-order valence-electron chi connectivity index (χ1n) is 11.0. The fraction of sp³-hybridized carbons (Fsp3) is 0.100. The monoisotopic (exact) mass is 412 g/mol. The molecule has 0 saturated carbocycles. The van der Waals surface area contributed by atoms with Gasteiger partial charge in [-0.25, -0.2) is 0 Å². The highest BCUT2D eigenvalue weighted by atomic mass is 15.0. The quantitative estimate of drug-likeness (QED) is 0.293. The van der Waals surface area contributed by atoms with Gasteiger partial charge in [-0.1, -0.05) is 110 Å². The zero-order chi connectivity index (χ0) is 21.7. The van der Waals surface area contributed by atoms with Crippen LogP contribution in [0.1, 0.15) is 23.1 Å². The SMILES string of the molecule is C=C1CC(c2ccccc2)(c2ccccc2)c2cccc3c4ccccc4/c(=N/C)n1c23. The van der Waals surface area contributed by atoms with E-state index in [4.69, 9.17) is 4.99 Å². The van der Waals surface area contributed by atoms with Gasteiger partial charge in [-0.15, -0.1) is 0 Å². The molecule has 1 aromatic heterocycles. The molecule has 0 N–H and O–H groups in total. The number of allylic oxidation sites excluding steroid dienone is 1. The normalized spacial score (nSPS) is 15.4. The second-order valence-electron chi connectivity index (χ2n) is 8.51. The van der Waals surface area contributed by atoms with Crippen LogP contribution in [0.5, 0.6) is 0 Å². The standard InChI is InChI=1S/C30H24N2/c1-21-20-30(22-12-5-3-6-13-22,23-14-7-4-8-15-23)27-19-11-18-25-24-16-9-10-17-26(24)29(31-2)32(21)28(25)27/h3-19H,1,20H2,2H3/b31-29-. The third-order valence-corrected chi connectivity index (χ3v) is 6.92. The summed E-state index contributed by atoms with van der Waals surface area (Å²) < 4.78 is 2.29. The van der Waals surface area contributed by atoms with Gasteiger partial charge in [0.1, 0.15) is 5.49 Å². The summed E-state index contributed by atoms with van der Waals surface area (Å²) in [4.78, 5) is 4.74. The van der Waals surface area contributed by atoms with Gasteiger partial charge in [0.2, 0.25) is 0 Å². The van der Waals surface area contributed by atoms with Crippen LogP contribution < -0.4 is 5.49 Å². The third kappa shape index (κ3) is 2.44. The Morgan fingerprint density at radius 3 is 1.88 bits per heavy atom. The van der Waals surface area contributed by atoms with Gasteiger partial charge >= 0.3 is 0 Å². The van der Waals surface area contributed by atoms with Crippen molar-refractivity contribution in [3.63, 3.8) is 0 Å². The molecule has 0 fully saturated rings. The Kier molecular flexibility index (Phi) is 4.16. The molecule has 0 spiro atoms. The molecule has 6 rings (SSSR count). The molecule has 154 valence electrons. The second-order valence-corrected chi connectivity index (χ2v) is 8.51. The topological polar surface area (TPSA) is 17.3 Å². The van der Waals surface area contributed by atoms with Crippen LogP contribution in [0.25, 0.3) is 27.4 Å². The number of fused-ring (bicyclic) bond motifs is 2. The number of nitrogens with zero attached hydrogens (tertiary/aromatic N) is 2. The van der Waals surface area contributed by atoms with Crippen molar-refractivity contribution in [2.75, 3.05) is 7.05 Å². The summed E-state index contributed by atoms with van der Waals surface area (Å²) in [5.41, 5.74) is 6.80.